The highest BCUT2D eigenvalue weighted by molar-refractivity contribution is 6.18. The predicted octanol–water partition coefficient (Wildman–Crippen LogP) is 1.92. The molecule has 2 nitrogen and oxygen atoms in total. The topological polar surface area (TPSA) is 49.8 Å². The van der Waals surface area contributed by atoms with Crippen LogP contribution < -0.4 is 5.73 Å². The van der Waals surface area contributed by atoms with Gasteiger partial charge in [-0.25, -0.2) is 0 Å². The molecule has 0 heterocycles. The van der Waals surface area contributed by atoms with Crippen molar-refractivity contribution in [2.75, 3.05) is 11.6 Å². The number of nitrogens with zero attached hydrogens (tertiary/aromatic N) is 1. The molecule has 2 N–H and O–H groups in total. The quantitative estimate of drug-likeness (QED) is 0.559. The Bertz CT molecular complexity index is 315. The molecule has 0 aliphatic rings. The number of hydrogen-bond acceptors (Lipinski definition) is 2. The summed E-state index contributed by atoms with van der Waals surface area (Å²) in [6, 6.07) is 7.32. The Kier molecular flexibility index (Phi) is 2.95. The molecule has 0 atom stereocenters. The van der Waals surface area contributed by atoms with Crippen molar-refractivity contribution < 1.29 is 0 Å². The lowest BCUT2D eigenvalue weighted by atomic mass is 10.1. The minimum absolute atomic E-state index is 0.512. The zero-order valence-electron chi connectivity index (χ0n) is 6.55. The first-order chi connectivity index (χ1) is 5.77. The lowest BCUT2D eigenvalue weighted by Gasteiger charge is -2.01. The lowest BCUT2D eigenvalue weighted by Crippen LogP contribution is -1.94. The Labute approximate surface area is 76.6 Å². The van der Waals surface area contributed by atoms with Crippen LogP contribution in [0.25, 0.3) is 0 Å². The van der Waals surface area contributed by atoms with E-state index in [2.05, 4.69) is 6.07 Å². The van der Waals surface area contributed by atoms with Crippen LogP contribution in [0, 0.1) is 11.3 Å². The number of hydrogen-bond donors (Lipinski definition) is 1. The van der Waals surface area contributed by atoms with E-state index in [1.807, 2.05) is 0 Å². The minimum Gasteiger partial charge on any atom is -0.399 e. The van der Waals surface area contributed by atoms with Gasteiger partial charge in [0.05, 0.1) is 11.6 Å². The van der Waals surface area contributed by atoms with E-state index in [1.54, 1.807) is 18.2 Å². The molecule has 0 unspecified atom stereocenters. The van der Waals surface area contributed by atoms with Crippen molar-refractivity contribution in [3.05, 3.63) is 29.3 Å². The number of aryl methyl sites for hydroxylation is 1. The van der Waals surface area contributed by atoms with E-state index in [0.29, 0.717) is 23.6 Å². The van der Waals surface area contributed by atoms with Crippen molar-refractivity contribution in [2.45, 2.75) is 6.42 Å². The van der Waals surface area contributed by atoms with Crippen molar-refractivity contribution >= 4 is 17.3 Å². The minimum atomic E-state index is 0.512. The Balaban J connectivity index is 3.06. The van der Waals surface area contributed by atoms with Crippen LogP contribution >= 0.6 is 11.6 Å². The number of rotatable bonds is 2. The van der Waals surface area contributed by atoms with Crippen LogP contribution in [0.2, 0.25) is 0 Å². The molecule has 0 spiro atoms. The maximum Gasteiger partial charge on any atom is 0.0994 e. The van der Waals surface area contributed by atoms with Crippen molar-refractivity contribution in [2.24, 2.45) is 0 Å². The van der Waals surface area contributed by atoms with Crippen LogP contribution in [0.4, 0.5) is 5.69 Å². The van der Waals surface area contributed by atoms with Crippen molar-refractivity contribution in [1.29, 1.82) is 5.26 Å². The normalized spacial score (nSPS) is 9.33. The third-order valence-corrected chi connectivity index (χ3v) is 1.80. The molecule has 0 aromatic heterocycles. The summed E-state index contributed by atoms with van der Waals surface area (Å²) in [7, 11) is 0. The Morgan fingerprint density at radius 3 is 2.83 bits per heavy atom. The third-order valence-electron chi connectivity index (χ3n) is 1.61. The Morgan fingerprint density at radius 2 is 2.25 bits per heavy atom. The summed E-state index contributed by atoms with van der Waals surface area (Å²) in [4.78, 5) is 0. The van der Waals surface area contributed by atoms with E-state index in [0.717, 1.165) is 5.56 Å². The van der Waals surface area contributed by atoms with Gasteiger partial charge in [-0.1, -0.05) is 0 Å². The molecule has 12 heavy (non-hydrogen) atoms. The van der Waals surface area contributed by atoms with Crippen molar-refractivity contribution in [3.8, 4) is 6.07 Å². The van der Waals surface area contributed by atoms with Gasteiger partial charge >= 0.3 is 0 Å². The number of nitrogen functional groups attached to an aromatic ring is 1. The van der Waals surface area contributed by atoms with Gasteiger partial charge < -0.3 is 5.73 Å². The Morgan fingerprint density at radius 1 is 1.50 bits per heavy atom. The largest absolute Gasteiger partial charge is 0.399 e. The summed E-state index contributed by atoms with van der Waals surface area (Å²) >= 11 is 5.57. The maximum absolute atomic E-state index is 8.70. The SMILES string of the molecule is N#Cc1ccc(N)cc1CCCl. The summed E-state index contributed by atoms with van der Waals surface area (Å²) in [6.45, 7) is 0. The highest BCUT2D eigenvalue weighted by Gasteiger charge is 2.00. The van der Waals surface area contributed by atoms with Gasteiger partial charge in [0.25, 0.3) is 0 Å². The average Bonchev–Trinajstić information content (AvgIpc) is 2.05. The van der Waals surface area contributed by atoms with Gasteiger partial charge in [0.15, 0.2) is 0 Å². The molecule has 0 bridgehead atoms. The van der Waals surface area contributed by atoms with Crippen LogP contribution in [0.3, 0.4) is 0 Å². The molecule has 0 amide bonds. The summed E-state index contributed by atoms with van der Waals surface area (Å²) in [6.07, 6.45) is 0.690. The molecule has 1 aromatic rings. The molecule has 0 saturated heterocycles. The molecule has 1 rings (SSSR count). The Hall–Kier alpha value is -1.20. The molecule has 0 aliphatic carbocycles. The van der Waals surface area contributed by atoms with Gasteiger partial charge in [0.2, 0.25) is 0 Å². The number of nitriles is 1. The third kappa shape index (κ3) is 1.90. The number of benzene rings is 1. The first-order valence-electron chi connectivity index (χ1n) is 3.62. The zero-order chi connectivity index (χ0) is 8.97. The number of halogens is 1. The average molecular weight is 181 g/mol. The van der Waals surface area contributed by atoms with E-state index in [1.165, 1.54) is 0 Å². The first-order valence-corrected chi connectivity index (χ1v) is 4.16. The number of anilines is 1. The molecular formula is C9H9ClN2. The van der Waals surface area contributed by atoms with Crippen LogP contribution in [0.1, 0.15) is 11.1 Å². The van der Waals surface area contributed by atoms with Gasteiger partial charge in [0, 0.05) is 11.6 Å². The van der Waals surface area contributed by atoms with E-state index < -0.39 is 0 Å². The summed E-state index contributed by atoms with van der Waals surface area (Å²) in [5.41, 5.74) is 7.82. The van der Waals surface area contributed by atoms with E-state index in [9.17, 15) is 0 Å². The molecule has 62 valence electrons. The van der Waals surface area contributed by atoms with Crippen molar-refractivity contribution in [1.82, 2.24) is 0 Å². The standard InChI is InChI=1S/C9H9ClN2/c10-4-3-7-5-9(12)2-1-8(7)6-11/h1-2,5H,3-4,12H2. The van der Waals surface area contributed by atoms with E-state index in [4.69, 9.17) is 22.6 Å². The molecule has 0 radical (unpaired) electrons. The van der Waals surface area contributed by atoms with E-state index in [-0.39, 0.29) is 0 Å². The monoisotopic (exact) mass is 180 g/mol. The molecule has 3 heteroatoms. The van der Waals surface area contributed by atoms with Gasteiger partial charge in [-0.05, 0) is 30.2 Å². The van der Waals surface area contributed by atoms with Gasteiger partial charge in [-0.3, -0.25) is 0 Å². The van der Waals surface area contributed by atoms with Crippen LogP contribution in [0.5, 0.6) is 0 Å². The van der Waals surface area contributed by atoms with E-state index >= 15 is 0 Å². The fraction of sp³-hybridized carbons (Fsp3) is 0.222. The van der Waals surface area contributed by atoms with Crippen LogP contribution in [-0.2, 0) is 6.42 Å². The number of nitrogens with two attached hydrogens (primary N) is 1. The smallest absolute Gasteiger partial charge is 0.0994 e. The van der Waals surface area contributed by atoms with Gasteiger partial charge in [-0.15, -0.1) is 11.6 Å². The highest BCUT2D eigenvalue weighted by Crippen LogP contribution is 2.13. The lowest BCUT2D eigenvalue weighted by molar-refractivity contribution is 1.14. The summed E-state index contributed by atoms with van der Waals surface area (Å²) in [5.74, 6) is 0.512. The highest BCUT2D eigenvalue weighted by atomic mass is 35.5. The van der Waals surface area contributed by atoms with Gasteiger partial charge in [0.1, 0.15) is 0 Å². The maximum atomic E-state index is 8.70. The number of alkyl halides is 1. The molecule has 1 aromatic carbocycles. The molecule has 0 saturated carbocycles. The molecule has 0 fully saturated rings. The molecule has 0 aliphatic heterocycles. The summed E-state index contributed by atoms with van der Waals surface area (Å²) < 4.78 is 0. The van der Waals surface area contributed by atoms with Crippen molar-refractivity contribution in [3.63, 3.8) is 0 Å². The summed E-state index contributed by atoms with van der Waals surface area (Å²) in [5, 5.41) is 8.70. The van der Waals surface area contributed by atoms with Gasteiger partial charge in [-0.2, -0.15) is 5.26 Å². The van der Waals surface area contributed by atoms with Crippen LogP contribution in [-0.4, -0.2) is 5.88 Å². The second-order valence-corrected chi connectivity index (χ2v) is 2.85. The molecular weight excluding hydrogens is 172 g/mol. The first kappa shape index (κ1) is 8.89. The fourth-order valence-electron chi connectivity index (χ4n) is 1.03. The second kappa shape index (κ2) is 3.99. The van der Waals surface area contributed by atoms with Crippen LogP contribution in [0.15, 0.2) is 18.2 Å². The predicted molar refractivity (Wildman–Crippen MR) is 50.0 cm³/mol. The fourth-order valence-corrected chi connectivity index (χ4v) is 1.23. The second-order valence-electron chi connectivity index (χ2n) is 2.47. The zero-order valence-corrected chi connectivity index (χ0v) is 7.30.